The average Bonchev–Trinajstić information content (AvgIpc) is 2.46. The number of hydrogen-bond acceptors (Lipinski definition) is 4. The summed E-state index contributed by atoms with van der Waals surface area (Å²) in [6.07, 6.45) is 2.75. The lowest BCUT2D eigenvalue weighted by Gasteiger charge is -2.35. The Balaban J connectivity index is 2.25. The molecule has 1 fully saturated rings. The van der Waals surface area contributed by atoms with Gasteiger partial charge in [-0.05, 0) is 37.5 Å². The topological polar surface area (TPSA) is 75.8 Å². The van der Waals surface area contributed by atoms with Crippen LogP contribution in [0.15, 0.2) is 18.2 Å². The summed E-state index contributed by atoms with van der Waals surface area (Å²) < 4.78 is 4.97. The summed E-state index contributed by atoms with van der Waals surface area (Å²) >= 11 is 5.04. The van der Waals surface area contributed by atoms with Crippen molar-refractivity contribution >= 4 is 23.1 Å². The van der Waals surface area contributed by atoms with Crippen molar-refractivity contribution in [3.05, 3.63) is 23.8 Å². The summed E-state index contributed by atoms with van der Waals surface area (Å²) in [4.78, 5) is 14.6. The monoisotopic (exact) mass is 294 g/mol. The van der Waals surface area contributed by atoms with Crippen LogP contribution in [0.5, 0.6) is 11.5 Å². The molecule has 1 amide bonds. The van der Waals surface area contributed by atoms with Crippen LogP contribution >= 0.6 is 12.2 Å². The van der Waals surface area contributed by atoms with Crippen LogP contribution in [0, 0.1) is 0 Å². The third-order valence-corrected chi connectivity index (χ3v) is 3.79. The molecule has 0 bridgehead atoms. The largest absolute Gasteiger partial charge is 0.504 e. The highest BCUT2D eigenvalue weighted by Crippen LogP contribution is 2.28. The van der Waals surface area contributed by atoms with Crippen LogP contribution < -0.4 is 10.5 Å². The number of phenols is 1. The highest BCUT2D eigenvalue weighted by atomic mass is 32.1. The van der Waals surface area contributed by atoms with Crippen LogP contribution in [-0.4, -0.2) is 40.6 Å². The lowest BCUT2D eigenvalue weighted by molar-refractivity contribution is 0.0681. The molecule has 20 heavy (non-hydrogen) atoms. The van der Waals surface area contributed by atoms with Crippen LogP contribution in [-0.2, 0) is 0 Å². The van der Waals surface area contributed by atoms with E-state index in [4.69, 9.17) is 22.7 Å². The third-order valence-electron chi connectivity index (χ3n) is 3.52. The molecule has 108 valence electrons. The quantitative estimate of drug-likeness (QED) is 0.830. The lowest BCUT2D eigenvalue weighted by Crippen LogP contribution is -2.49. The summed E-state index contributed by atoms with van der Waals surface area (Å²) in [5, 5.41) is 9.77. The molecule has 0 spiro atoms. The first kappa shape index (κ1) is 14.6. The molecule has 2 rings (SSSR count). The van der Waals surface area contributed by atoms with E-state index in [1.54, 1.807) is 17.0 Å². The Morgan fingerprint density at radius 1 is 1.50 bits per heavy atom. The molecular weight excluding hydrogens is 276 g/mol. The zero-order valence-corrected chi connectivity index (χ0v) is 12.2. The van der Waals surface area contributed by atoms with Crippen molar-refractivity contribution in [2.75, 3.05) is 13.7 Å². The number of thiocarbonyl (C=S) groups is 1. The van der Waals surface area contributed by atoms with E-state index in [2.05, 4.69) is 0 Å². The zero-order chi connectivity index (χ0) is 14.7. The van der Waals surface area contributed by atoms with Gasteiger partial charge in [-0.3, -0.25) is 4.79 Å². The molecule has 1 aromatic rings. The van der Waals surface area contributed by atoms with Gasteiger partial charge >= 0.3 is 0 Å². The molecule has 1 unspecified atom stereocenters. The molecule has 0 aliphatic carbocycles. The van der Waals surface area contributed by atoms with Crippen molar-refractivity contribution in [3.8, 4) is 11.5 Å². The fraction of sp³-hybridized carbons (Fsp3) is 0.429. The van der Waals surface area contributed by atoms with Crippen molar-refractivity contribution in [2.24, 2.45) is 5.73 Å². The number of aromatic hydroxyl groups is 1. The Kier molecular flexibility index (Phi) is 4.44. The van der Waals surface area contributed by atoms with Gasteiger partial charge in [-0.2, -0.15) is 0 Å². The number of hydrogen-bond donors (Lipinski definition) is 2. The smallest absolute Gasteiger partial charge is 0.254 e. The Bertz CT molecular complexity index is 533. The number of piperidine rings is 1. The number of carbonyl (C=O) groups is 1. The number of likely N-dealkylation sites (tertiary alicyclic amines) is 1. The van der Waals surface area contributed by atoms with Crippen LogP contribution in [0.4, 0.5) is 0 Å². The maximum Gasteiger partial charge on any atom is 0.254 e. The molecular formula is C14H18N2O3S. The minimum atomic E-state index is -0.199. The fourth-order valence-electron chi connectivity index (χ4n) is 2.46. The van der Waals surface area contributed by atoms with Gasteiger partial charge in [0.25, 0.3) is 5.91 Å². The Labute approximate surface area is 123 Å². The van der Waals surface area contributed by atoms with E-state index >= 15 is 0 Å². The Morgan fingerprint density at radius 2 is 2.25 bits per heavy atom. The molecule has 1 aliphatic heterocycles. The third kappa shape index (κ3) is 2.85. The fourth-order valence-corrected chi connectivity index (χ4v) is 2.70. The molecule has 3 N–H and O–H groups in total. The van der Waals surface area contributed by atoms with Crippen molar-refractivity contribution in [1.29, 1.82) is 0 Å². The normalized spacial score (nSPS) is 18.6. The maximum atomic E-state index is 12.5. The van der Waals surface area contributed by atoms with Crippen LogP contribution in [0.3, 0.4) is 0 Å². The van der Waals surface area contributed by atoms with Gasteiger partial charge in [-0.25, -0.2) is 0 Å². The molecule has 0 radical (unpaired) electrons. The van der Waals surface area contributed by atoms with E-state index in [1.165, 1.54) is 13.2 Å². The van der Waals surface area contributed by atoms with E-state index in [9.17, 15) is 9.90 Å². The van der Waals surface area contributed by atoms with Gasteiger partial charge in [-0.15, -0.1) is 0 Å². The molecule has 1 saturated heterocycles. The first-order chi connectivity index (χ1) is 9.54. The average molecular weight is 294 g/mol. The van der Waals surface area contributed by atoms with E-state index in [-0.39, 0.29) is 17.7 Å². The molecule has 1 heterocycles. The van der Waals surface area contributed by atoms with Gasteiger partial charge in [0.05, 0.1) is 18.1 Å². The summed E-state index contributed by atoms with van der Waals surface area (Å²) in [6, 6.07) is 4.41. The second-order valence-corrected chi connectivity index (χ2v) is 5.27. The van der Waals surface area contributed by atoms with E-state index in [0.717, 1.165) is 19.3 Å². The predicted octanol–water partition coefficient (Wildman–Crippen LogP) is 1.68. The number of amides is 1. The van der Waals surface area contributed by atoms with Gasteiger partial charge in [-0.1, -0.05) is 12.2 Å². The SMILES string of the molecule is COc1ccc(C(=O)N2CCCCC2C(N)=S)cc1O. The molecule has 6 heteroatoms. The van der Waals surface area contributed by atoms with Gasteiger partial charge in [0.1, 0.15) is 0 Å². The number of phenolic OH excluding ortho intramolecular Hbond substituents is 1. The molecule has 5 nitrogen and oxygen atoms in total. The van der Waals surface area contributed by atoms with Crippen LogP contribution in [0.2, 0.25) is 0 Å². The van der Waals surface area contributed by atoms with Gasteiger partial charge in [0.15, 0.2) is 11.5 Å². The summed E-state index contributed by atoms with van der Waals surface area (Å²) in [5.74, 6) is 0.119. The second-order valence-electron chi connectivity index (χ2n) is 4.80. The molecule has 1 atom stereocenters. The number of nitrogens with two attached hydrogens (primary N) is 1. The predicted molar refractivity (Wildman–Crippen MR) is 80.1 cm³/mol. The van der Waals surface area contributed by atoms with Crippen molar-refractivity contribution in [2.45, 2.75) is 25.3 Å². The molecule has 0 saturated carbocycles. The van der Waals surface area contributed by atoms with Crippen molar-refractivity contribution in [3.63, 3.8) is 0 Å². The van der Waals surface area contributed by atoms with Gasteiger partial charge < -0.3 is 20.5 Å². The van der Waals surface area contributed by atoms with E-state index in [1.807, 2.05) is 0 Å². The Morgan fingerprint density at radius 3 is 2.85 bits per heavy atom. The summed E-state index contributed by atoms with van der Waals surface area (Å²) in [6.45, 7) is 0.633. The highest BCUT2D eigenvalue weighted by Gasteiger charge is 2.29. The van der Waals surface area contributed by atoms with Gasteiger partial charge in [0, 0.05) is 12.1 Å². The maximum absolute atomic E-state index is 12.5. The summed E-state index contributed by atoms with van der Waals surface area (Å²) in [5.41, 5.74) is 6.13. The first-order valence-electron chi connectivity index (χ1n) is 6.52. The standard InChI is InChI=1S/C14H18N2O3S/c1-19-12-6-5-9(8-11(12)17)14(18)16-7-3-2-4-10(16)13(15)20/h5-6,8,10,17H,2-4,7H2,1H3,(H2,15,20). The Hall–Kier alpha value is -1.82. The molecule has 1 aliphatic rings. The van der Waals surface area contributed by atoms with E-state index < -0.39 is 0 Å². The lowest BCUT2D eigenvalue weighted by atomic mass is 10.0. The van der Waals surface area contributed by atoms with Crippen LogP contribution in [0.1, 0.15) is 29.6 Å². The number of carbonyl (C=O) groups excluding carboxylic acids is 1. The molecule has 0 aromatic heterocycles. The number of ether oxygens (including phenoxy) is 1. The first-order valence-corrected chi connectivity index (χ1v) is 6.92. The minimum absolute atomic E-state index is 0.0535. The number of rotatable bonds is 3. The van der Waals surface area contributed by atoms with Crippen molar-refractivity contribution in [1.82, 2.24) is 4.90 Å². The van der Waals surface area contributed by atoms with Crippen LogP contribution in [0.25, 0.3) is 0 Å². The second kappa shape index (κ2) is 6.09. The van der Waals surface area contributed by atoms with E-state index in [0.29, 0.717) is 22.8 Å². The highest BCUT2D eigenvalue weighted by molar-refractivity contribution is 7.80. The summed E-state index contributed by atoms with van der Waals surface area (Å²) in [7, 11) is 1.46. The number of benzene rings is 1. The van der Waals surface area contributed by atoms with Crippen molar-refractivity contribution < 1.29 is 14.6 Å². The zero-order valence-electron chi connectivity index (χ0n) is 11.3. The number of methoxy groups -OCH3 is 1. The number of nitrogens with zero attached hydrogens (tertiary/aromatic N) is 1. The minimum Gasteiger partial charge on any atom is -0.504 e. The molecule has 1 aromatic carbocycles. The van der Waals surface area contributed by atoms with Gasteiger partial charge in [0.2, 0.25) is 0 Å².